The molecule has 1 atom stereocenters. The summed E-state index contributed by atoms with van der Waals surface area (Å²) in [5.41, 5.74) is 2.16. The Morgan fingerprint density at radius 1 is 1.21 bits per heavy atom. The molecular weight excluding hydrogens is 236 g/mol. The molecule has 1 aromatic heterocycles. The van der Waals surface area contributed by atoms with E-state index in [1.54, 1.807) is 6.20 Å². The lowest BCUT2D eigenvalue weighted by Gasteiger charge is -2.26. The molecule has 98 valence electrons. The van der Waals surface area contributed by atoms with Gasteiger partial charge in [0.2, 0.25) is 0 Å². The molecule has 0 amide bonds. The van der Waals surface area contributed by atoms with Crippen LogP contribution in [0, 0.1) is 0 Å². The van der Waals surface area contributed by atoms with E-state index in [4.69, 9.17) is 4.84 Å². The Labute approximate surface area is 114 Å². The molecule has 1 aromatic carbocycles. The Morgan fingerprint density at radius 2 is 1.95 bits per heavy atom. The van der Waals surface area contributed by atoms with Crippen molar-refractivity contribution in [1.82, 2.24) is 10.0 Å². The van der Waals surface area contributed by atoms with Crippen molar-refractivity contribution in [1.29, 1.82) is 0 Å². The molecule has 19 heavy (non-hydrogen) atoms. The largest absolute Gasteiger partial charge is 0.413 e. The summed E-state index contributed by atoms with van der Waals surface area (Å²) < 4.78 is 0. The third-order valence-corrected chi connectivity index (χ3v) is 2.97. The van der Waals surface area contributed by atoms with Gasteiger partial charge in [0.05, 0.1) is 18.3 Å². The number of rotatable bonds is 6. The fraction of sp³-hybridized carbons (Fsp3) is 0.188. The highest BCUT2D eigenvalue weighted by Crippen LogP contribution is 2.22. The Hall–Kier alpha value is -2.13. The summed E-state index contributed by atoms with van der Waals surface area (Å²) in [6, 6.07) is 16.2. The van der Waals surface area contributed by atoms with E-state index < -0.39 is 0 Å². The van der Waals surface area contributed by atoms with Crippen LogP contribution in [-0.2, 0) is 11.4 Å². The van der Waals surface area contributed by atoms with Crippen molar-refractivity contribution in [3.63, 3.8) is 0 Å². The van der Waals surface area contributed by atoms with Gasteiger partial charge in [-0.1, -0.05) is 43.0 Å². The number of aromatic nitrogens is 1. The zero-order valence-corrected chi connectivity index (χ0v) is 11.1. The number of nitrogens with zero attached hydrogens (tertiary/aromatic N) is 2. The second-order valence-corrected chi connectivity index (χ2v) is 4.26. The molecule has 0 saturated heterocycles. The molecule has 0 aliphatic rings. The molecule has 2 aromatic rings. The highest BCUT2D eigenvalue weighted by Gasteiger charge is 2.17. The van der Waals surface area contributed by atoms with E-state index in [9.17, 15) is 0 Å². The summed E-state index contributed by atoms with van der Waals surface area (Å²) >= 11 is 0. The van der Waals surface area contributed by atoms with Crippen LogP contribution in [0.2, 0.25) is 0 Å². The number of hydrogen-bond acceptors (Lipinski definition) is 3. The van der Waals surface area contributed by atoms with Crippen LogP contribution in [-0.4, -0.2) is 10.0 Å². The van der Waals surface area contributed by atoms with Crippen molar-refractivity contribution in [3.05, 3.63) is 78.8 Å². The molecule has 0 radical (unpaired) electrons. The first-order valence-corrected chi connectivity index (χ1v) is 6.30. The number of hydrogen-bond donors (Lipinski definition) is 0. The summed E-state index contributed by atoms with van der Waals surface area (Å²) in [4.78, 5) is 9.84. The monoisotopic (exact) mass is 254 g/mol. The number of benzene rings is 1. The van der Waals surface area contributed by atoms with Crippen LogP contribution < -0.4 is 0 Å². The van der Waals surface area contributed by atoms with Gasteiger partial charge < -0.3 is 4.84 Å². The van der Waals surface area contributed by atoms with Crippen LogP contribution in [0.5, 0.6) is 0 Å². The molecule has 0 saturated carbocycles. The quantitative estimate of drug-likeness (QED) is 0.580. The van der Waals surface area contributed by atoms with Crippen LogP contribution in [0.25, 0.3) is 0 Å². The summed E-state index contributed by atoms with van der Waals surface area (Å²) in [5.74, 6) is 0. The third-order valence-electron chi connectivity index (χ3n) is 2.97. The van der Waals surface area contributed by atoms with Crippen molar-refractivity contribution in [3.8, 4) is 0 Å². The van der Waals surface area contributed by atoms with E-state index in [1.165, 1.54) is 11.8 Å². The summed E-state index contributed by atoms with van der Waals surface area (Å²) in [6.45, 7) is 6.35. The Kier molecular flexibility index (Phi) is 4.70. The molecule has 0 spiro atoms. The summed E-state index contributed by atoms with van der Waals surface area (Å²) in [6.07, 6.45) is 3.23. The van der Waals surface area contributed by atoms with Crippen molar-refractivity contribution in [2.45, 2.75) is 19.5 Å². The van der Waals surface area contributed by atoms with Gasteiger partial charge in [-0.2, -0.15) is 0 Å². The van der Waals surface area contributed by atoms with Crippen molar-refractivity contribution in [2.24, 2.45) is 0 Å². The van der Waals surface area contributed by atoms with Gasteiger partial charge in [-0.15, -0.1) is 5.06 Å². The first kappa shape index (κ1) is 13.3. The van der Waals surface area contributed by atoms with Gasteiger partial charge in [0.15, 0.2) is 0 Å². The van der Waals surface area contributed by atoms with Gasteiger partial charge in [-0.05, 0) is 24.6 Å². The maximum absolute atomic E-state index is 5.52. The van der Waals surface area contributed by atoms with E-state index in [0.717, 1.165) is 5.69 Å². The molecule has 3 nitrogen and oxygen atoms in total. The summed E-state index contributed by atoms with van der Waals surface area (Å²) in [5, 5.41) is 1.87. The fourth-order valence-electron chi connectivity index (χ4n) is 1.91. The number of pyridine rings is 1. The van der Waals surface area contributed by atoms with Crippen LogP contribution in [0.1, 0.15) is 24.2 Å². The Morgan fingerprint density at radius 3 is 2.58 bits per heavy atom. The van der Waals surface area contributed by atoms with E-state index in [0.29, 0.717) is 6.54 Å². The first-order valence-electron chi connectivity index (χ1n) is 6.30. The minimum Gasteiger partial charge on any atom is -0.413 e. The fourth-order valence-corrected chi connectivity index (χ4v) is 1.91. The standard InChI is InChI=1S/C16H18N2O/c1-3-19-18(13-16-11-7-8-12-17-16)14(2)15-9-5-4-6-10-15/h3-12,14H,1,13H2,2H3/t14-/m0/s1. The van der Waals surface area contributed by atoms with Gasteiger partial charge in [-0.25, -0.2) is 0 Å². The molecule has 2 rings (SSSR count). The summed E-state index contributed by atoms with van der Waals surface area (Å²) in [7, 11) is 0. The molecule has 0 aliphatic carbocycles. The van der Waals surface area contributed by atoms with Crippen LogP contribution >= 0.6 is 0 Å². The van der Waals surface area contributed by atoms with E-state index >= 15 is 0 Å². The highest BCUT2D eigenvalue weighted by molar-refractivity contribution is 5.18. The highest BCUT2D eigenvalue weighted by atomic mass is 16.7. The van der Waals surface area contributed by atoms with Gasteiger partial charge in [0, 0.05) is 6.20 Å². The minimum absolute atomic E-state index is 0.126. The minimum atomic E-state index is 0.126. The molecule has 0 bridgehead atoms. The molecule has 0 aliphatic heterocycles. The molecule has 0 fully saturated rings. The Balaban J connectivity index is 2.13. The zero-order chi connectivity index (χ0) is 13.5. The smallest absolute Gasteiger partial charge is 0.104 e. The molecular formula is C16H18N2O. The lowest BCUT2D eigenvalue weighted by Crippen LogP contribution is -2.25. The average Bonchev–Trinajstić information content (AvgIpc) is 2.48. The van der Waals surface area contributed by atoms with Gasteiger partial charge >= 0.3 is 0 Å². The number of hydroxylamine groups is 2. The zero-order valence-electron chi connectivity index (χ0n) is 11.1. The second kappa shape index (κ2) is 6.71. The normalized spacial score (nSPS) is 12.1. The first-order chi connectivity index (χ1) is 9.31. The topological polar surface area (TPSA) is 25.4 Å². The predicted octanol–water partition coefficient (Wildman–Crippen LogP) is 3.72. The van der Waals surface area contributed by atoms with Crippen LogP contribution in [0.15, 0.2) is 67.6 Å². The second-order valence-electron chi connectivity index (χ2n) is 4.26. The SMILES string of the molecule is C=CON(Cc1ccccn1)[C@@H](C)c1ccccc1. The van der Waals surface area contributed by atoms with Crippen molar-refractivity contribution < 1.29 is 4.84 Å². The Bertz CT molecular complexity index is 499. The predicted molar refractivity (Wildman–Crippen MR) is 75.9 cm³/mol. The van der Waals surface area contributed by atoms with Gasteiger partial charge in [0.25, 0.3) is 0 Å². The molecule has 0 N–H and O–H groups in total. The van der Waals surface area contributed by atoms with Crippen molar-refractivity contribution >= 4 is 0 Å². The van der Waals surface area contributed by atoms with Crippen LogP contribution in [0.3, 0.4) is 0 Å². The lowest BCUT2D eigenvalue weighted by atomic mass is 10.1. The maximum atomic E-state index is 5.52. The van der Waals surface area contributed by atoms with Gasteiger partial charge in [0.1, 0.15) is 6.26 Å². The third kappa shape index (κ3) is 3.66. The van der Waals surface area contributed by atoms with E-state index in [2.05, 4.69) is 30.6 Å². The van der Waals surface area contributed by atoms with Crippen molar-refractivity contribution in [2.75, 3.05) is 0 Å². The van der Waals surface area contributed by atoms with E-state index in [-0.39, 0.29) is 6.04 Å². The van der Waals surface area contributed by atoms with Crippen LogP contribution in [0.4, 0.5) is 0 Å². The molecule has 3 heteroatoms. The molecule has 1 heterocycles. The average molecular weight is 254 g/mol. The maximum Gasteiger partial charge on any atom is 0.104 e. The lowest BCUT2D eigenvalue weighted by molar-refractivity contribution is -0.142. The molecule has 0 unspecified atom stereocenters. The van der Waals surface area contributed by atoms with E-state index in [1.807, 2.05) is 41.5 Å². The van der Waals surface area contributed by atoms with Gasteiger partial charge in [-0.3, -0.25) is 4.98 Å².